The number of nitriles is 1. The lowest BCUT2D eigenvalue weighted by Crippen LogP contribution is -2.42. The molecule has 0 bridgehead atoms. The van der Waals surface area contributed by atoms with Crippen LogP contribution in [-0.2, 0) is 4.74 Å². The predicted octanol–water partition coefficient (Wildman–Crippen LogP) is 5.51. The average Bonchev–Trinajstić information content (AvgIpc) is 3.62. The summed E-state index contributed by atoms with van der Waals surface area (Å²) in [5.41, 5.74) is 2.12. The van der Waals surface area contributed by atoms with E-state index in [1.807, 2.05) is 12.1 Å². The first-order chi connectivity index (χ1) is 16.4. The van der Waals surface area contributed by atoms with Crippen LogP contribution in [0.5, 0.6) is 0 Å². The van der Waals surface area contributed by atoms with Crippen LogP contribution >= 0.6 is 23.2 Å². The number of ether oxygens (including phenoxy) is 1. The van der Waals surface area contributed by atoms with E-state index in [4.69, 9.17) is 27.9 Å². The Morgan fingerprint density at radius 1 is 1.15 bits per heavy atom. The van der Waals surface area contributed by atoms with Crippen LogP contribution < -0.4 is 16.0 Å². The molecule has 0 spiro atoms. The molecule has 2 saturated carbocycles. The Kier molecular flexibility index (Phi) is 8.15. The smallest absolute Gasteiger partial charge is 0.152 e. The second-order valence-corrected chi connectivity index (χ2v) is 10.3. The van der Waals surface area contributed by atoms with Gasteiger partial charge >= 0.3 is 0 Å². The van der Waals surface area contributed by atoms with Crippen molar-refractivity contribution in [1.82, 2.24) is 15.3 Å². The van der Waals surface area contributed by atoms with Crippen molar-refractivity contribution in [3.63, 3.8) is 0 Å². The Morgan fingerprint density at radius 3 is 2.56 bits per heavy atom. The van der Waals surface area contributed by atoms with Crippen molar-refractivity contribution in [2.75, 3.05) is 30.9 Å². The number of halogens is 2. The number of hydrogen-bond donors (Lipinski definition) is 3. The number of pyridine rings is 2. The molecule has 2 aromatic heterocycles. The third-order valence-corrected chi connectivity index (χ3v) is 7.33. The monoisotopic (exact) mass is 502 g/mol. The molecule has 1 atom stereocenters. The number of hydrogen-bond acceptors (Lipinski definition) is 7. The van der Waals surface area contributed by atoms with Crippen LogP contribution in [0.1, 0.15) is 45.4 Å². The van der Waals surface area contributed by atoms with Gasteiger partial charge in [0.15, 0.2) is 5.15 Å². The molecule has 2 aliphatic rings. The van der Waals surface area contributed by atoms with Crippen molar-refractivity contribution < 1.29 is 4.74 Å². The van der Waals surface area contributed by atoms with E-state index in [0.29, 0.717) is 40.5 Å². The predicted molar refractivity (Wildman–Crippen MR) is 137 cm³/mol. The average molecular weight is 503 g/mol. The van der Waals surface area contributed by atoms with Gasteiger partial charge in [-0.25, -0.2) is 9.97 Å². The van der Waals surface area contributed by atoms with Gasteiger partial charge in [-0.05, 0) is 57.6 Å². The Morgan fingerprint density at radius 2 is 1.88 bits per heavy atom. The zero-order valence-electron chi connectivity index (χ0n) is 19.7. The third-order valence-electron chi connectivity index (χ3n) is 6.73. The highest BCUT2D eigenvalue weighted by molar-refractivity contribution is 6.33. The minimum atomic E-state index is -0.277. The van der Waals surface area contributed by atoms with Gasteiger partial charge in [0.2, 0.25) is 0 Å². The first-order valence-corrected chi connectivity index (χ1v) is 12.6. The zero-order chi connectivity index (χ0) is 24.1. The largest absolute Gasteiger partial charge is 0.383 e. The minimum absolute atomic E-state index is 0.277. The maximum Gasteiger partial charge on any atom is 0.152 e. The molecule has 2 aromatic rings. The minimum Gasteiger partial charge on any atom is -0.383 e. The first-order valence-electron chi connectivity index (χ1n) is 11.9. The molecule has 182 valence electrons. The van der Waals surface area contributed by atoms with Crippen LogP contribution in [0.25, 0.3) is 11.1 Å². The zero-order valence-corrected chi connectivity index (χ0v) is 21.2. The highest BCUT2D eigenvalue weighted by Crippen LogP contribution is 2.45. The van der Waals surface area contributed by atoms with Crippen LogP contribution in [0.4, 0.5) is 11.5 Å². The van der Waals surface area contributed by atoms with E-state index in [9.17, 15) is 5.26 Å². The van der Waals surface area contributed by atoms with E-state index in [1.54, 1.807) is 19.5 Å². The fraction of sp³-hybridized carbons (Fsp3) is 0.560. The van der Waals surface area contributed by atoms with Crippen molar-refractivity contribution in [3.05, 3.63) is 34.7 Å². The Hall–Kier alpha value is -2.11. The van der Waals surface area contributed by atoms with Gasteiger partial charge in [-0.2, -0.15) is 5.26 Å². The second kappa shape index (κ2) is 11.1. The second-order valence-electron chi connectivity index (χ2n) is 9.57. The fourth-order valence-corrected chi connectivity index (χ4v) is 4.90. The van der Waals surface area contributed by atoms with Crippen LogP contribution in [0, 0.1) is 16.7 Å². The van der Waals surface area contributed by atoms with Gasteiger partial charge in [-0.3, -0.25) is 0 Å². The highest BCUT2D eigenvalue weighted by atomic mass is 35.5. The molecule has 2 aliphatic carbocycles. The Labute approximate surface area is 211 Å². The molecule has 0 aliphatic heterocycles. The molecular weight excluding hydrogens is 471 g/mol. The van der Waals surface area contributed by atoms with E-state index in [0.717, 1.165) is 62.1 Å². The third kappa shape index (κ3) is 6.31. The molecule has 7 nitrogen and oxygen atoms in total. The summed E-state index contributed by atoms with van der Waals surface area (Å²) < 4.78 is 5.23. The molecule has 2 heterocycles. The van der Waals surface area contributed by atoms with Gasteiger partial charge in [0, 0.05) is 55.3 Å². The summed E-state index contributed by atoms with van der Waals surface area (Å²) in [4.78, 5) is 8.84. The SMILES string of the molecule is COC[C@@H](C)NC1CCC(Nc2cc(-c3cnc(Cl)c(NCC4(C#N)CC4)c3)c(Cl)cn2)CC1. The molecule has 0 amide bonds. The van der Waals surface area contributed by atoms with Crippen LogP contribution in [0.3, 0.4) is 0 Å². The molecule has 3 N–H and O–H groups in total. The van der Waals surface area contributed by atoms with Gasteiger partial charge in [0.05, 0.1) is 28.8 Å². The summed E-state index contributed by atoms with van der Waals surface area (Å²) >= 11 is 12.8. The number of anilines is 2. The van der Waals surface area contributed by atoms with Crippen molar-refractivity contribution in [2.24, 2.45) is 5.41 Å². The van der Waals surface area contributed by atoms with Crippen molar-refractivity contribution in [3.8, 4) is 17.2 Å². The van der Waals surface area contributed by atoms with Gasteiger partial charge in [0.25, 0.3) is 0 Å². The van der Waals surface area contributed by atoms with Gasteiger partial charge in [-0.15, -0.1) is 0 Å². The summed E-state index contributed by atoms with van der Waals surface area (Å²) in [5, 5.41) is 20.8. The van der Waals surface area contributed by atoms with Gasteiger partial charge in [-0.1, -0.05) is 23.2 Å². The van der Waals surface area contributed by atoms with Crippen LogP contribution in [-0.4, -0.2) is 48.4 Å². The molecule has 34 heavy (non-hydrogen) atoms. The molecule has 0 aromatic carbocycles. The maximum atomic E-state index is 9.33. The highest BCUT2D eigenvalue weighted by Gasteiger charge is 2.43. The standard InChI is InChI=1S/C25H32Cl2N6O/c1-16(13-34-2)32-18-3-5-19(6-4-18)33-23-10-20(21(26)12-29-23)17-9-22(24(27)30-11-17)31-15-25(14-28)7-8-25/h9-12,16,18-19,31-32H,3-8,13,15H2,1-2H3,(H,29,33)/t16-,18?,19?/m1/s1. The summed E-state index contributed by atoms with van der Waals surface area (Å²) in [7, 11) is 1.74. The fourth-order valence-electron chi connectivity index (χ4n) is 4.52. The summed E-state index contributed by atoms with van der Waals surface area (Å²) in [6.45, 7) is 3.45. The number of rotatable bonds is 10. The van der Waals surface area contributed by atoms with E-state index in [2.05, 4.69) is 38.9 Å². The topological polar surface area (TPSA) is 94.9 Å². The maximum absolute atomic E-state index is 9.33. The van der Waals surface area contributed by atoms with Gasteiger partial charge < -0.3 is 20.7 Å². The van der Waals surface area contributed by atoms with Crippen molar-refractivity contribution in [2.45, 2.75) is 63.6 Å². The summed E-state index contributed by atoms with van der Waals surface area (Å²) in [6.07, 6.45) is 9.61. The molecular formula is C25H32Cl2N6O. The Balaban J connectivity index is 1.40. The van der Waals surface area contributed by atoms with Crippen molar-refractivity contribution in [1.29, 1.82) is 5.26 Å². The van der Waals surface area contributed by atoms with E-state index in [-0.39, 0.29) is 5.41 Å². The van der Waals surface area contributed by atoms with E-state index in [1.165, 1.54) is 0 Å². The summed E-state index contributed by atoms with van der Waals surface area (Å²) in [5.74, 6) is 0.800. The normalized spacial score (nSPS) is 22.0. The number of nitrogens with one attached hydrogen (secondary N) is 3. The first kappa shape index (κ1) is 25.0. The molecule has 4 rings (SSSR count). The van der Waals surface area contributed by atoms with Crippen molar-refractivity contribution >= 4 is 34.7 Å². The lowest BCUT2D eigenvalue weighted by atomic mass is 9.90. The van der Waals surface area contributed by atoms with Crippen LogP contribution in [0.2, 0.25) is 10.2 Å². The lowest BCUT2D eigenvalue weighted by Gasteiger charge is -2.32. The van der Waals surface area contributed by atoms with E-state index >= 15 is 0 Å². The van der Waals surface area contributed by atoms with Crippen LogP contribution in [0.15, 0.2) is 24.5 Å². The quantitative estimate of drug-likeness (QED) is 0.368. The molecule has 0 saturated heterocycles. The number of nitrogens with zero attached hydrogens (tertiary/aromatic N) is 3. The molecule has 2 fully saturated rings. The number of aromatic nitrogens is 2. The van der Waals surface area contributed by atoms with Gasteiger partial charge in [0.1, 0.15) is 5.82 Å². The molecule has 9 heteroatoms. The Bertz CT molecular complexity index is 1030. The summed E-state index contributed by atoms with van der Waals surface area (Å²) in [6, 6.07) is 7.56. The molecule has 0 unspecified atom stereocenters. The molecule has 0 radical (unpaired) electrons. The van der Waals surface area contributed by atoms with E-state index < -0.39 is 0 Å². The number of methoxy groups -OCH3 is 1. The lowest BCUT2D eigenvalue weighted by molar-refractivity contribution is 0.161.